The van der Waals surface area contributed by atoms with Crippen LogP contribution in [-0.4, -0.2) is 29.5 Å². The van der Waals surface area contributed by atoms with Crippen molar-refractivity contribution in [2.75, 3.05) is 19.8 Å². The third kappa shape index (κ3) is 5.79. The average Bonchev–Trinajstić information content (AvgIpc) is 2.80. The molecule has 122 valence electrons. The summed E-state index contributed by atoms with van der Waals surface area (Å²) in [7, 11) is 0. The predicted octanol–water partition coefficient (Wildman–Crippen LogP) is 3.18. The molecular weight excluding hydrogens is 262 g/mol. The summed E-state index contributed by atoms with van der Waals surface area (Å²) in [6.45, 7) is 15.5. The third-order valence-corrected chi connectivity index (χ3v) is 3.64. The molecule has 0 aliphatic carbocycles. The van der Waals surface area contributed by atoms with E-state index in [4.69, 9.17) is 9.84 Å². The lowest BCUT2D eigenvalue weighted by atomic mass is 10.1. The molecule has 0 atom stereocenters. The van der Waals surface area contributed by atoms with Gasteiger partial charge in [0.15, 0.2) is 0 Å². The van der Waals surface area contributed by atoms with Gasteiger partial charge >= 0.3 is 0 Å². The van der Waals surface area contributed by atoms with Gasteiger partial charge in [-0.15, -0.1) is 0 Å². The van der Waals surface area contributed by atoms with Crippen LogP contribution in [0.15, 0.2) is 0 Å². The van der Waals surface area contributed by atoms with Gasteiger partial charge in [-0.2, -0.15) is 5.10 Å². The van der Waals surface area contributed by atoms with Crippen LogP contribution < -0.4 is 5.32 Å². The molecule has 1 aromatic rings. The summed E-state index contributed by atoms with van der Waals surface area (Å²) in [6, 6.07) is 0. The SMILES string of the molecule is CCOCCCn1nc(CC)c(CNCC(C)C)c1CC. The summed E-state index contributed by atoms with van der Waals surface area (Å²) < 4.78 is 7.63. The van der Waals surface area contributed by atoms with Crippen LogP contribution in [0.1, 0.15) is 58.0 Å². The van der Waals surface area contributed by atoms with Gasteiger partial charge in [-0.25, -0.2) is 0 Å². The zero-order valence-electron chi connectivity index (χ0n) is 14.5. The molecule has 0 saturated heterocycles. The van der Waals surface area contributed by atoms with Crippen molar-refractivity contribution in [1.29, 1.82) is 0 Å². The van der Waals surface area contributed by atoms with E-state index in [1.807, 2.05) is 6.92 Å². The number of ether oxygens (including phenoxy) is 1. The smallest absolute Gasteiger partial charge is 0.0669 e. The van der Waals surface area contributed by atoms with Crippen LogP contribution in [0.5, 0.6) is 0 Å². The lowest BCUT2D eigenvalue weighted by molar-refractivity contribution is 0.140. The summed E-state index contributed by atoms with van der Waals surface area (Å²) >= 11 is 0. The summed E-state index contributed by atoms with van der Waals surface area (Å²) in [6.07, 6.45) is 3.08. The highest BCUT2D eigenvalue weighted by Gasteiger charge is 2.14. The fourth-order valence-corrected chi connectivity index (χ4v) is 2.60. The van der Waals surface area contributed by atoms with Gasteiger partial charge < -0.3 is 10.1 Å². The summed E-state index contributed by atoms with van der Waals surface area (Å²) in [5.41, 5.74) is 4.05. The third-order valence-electron chi connectivity index (χ3n) is 3.64. The molecule has 0 bridgehead atoms. The number of aromatic nitrogens is 2. The van der Waals surface area contributed by atoms with Gasteiger partial charge in [-0.1, -0.05) is 27.7 Å². The van der Waals surface area contributed by atoms with Crippen molar-refractivity contribution in [2.24, 2.45) is 5.92 Å². The first-order valence-corrected chi connectivity index (χ1v) is 8.49. The van der Waals surface area contributed by atoms with Crippen LogP contribution in [0, 0.1) is 5.92 Å². The Morgan fingerprint density at radius 1 is 1.19 bits per heavy atom. The first-order valence-electron chi connectivity index (χ1n) is 8.49. The summed E-state index contributed by atoms with van der Waals surface area (Å²) in [5, 5.41) is 8.38. The van der Waals surface area contributed by atoms with E-state index in [0.29, 0.717) is 5.92 Å². The second-order valence-corrected chi connectivity index (χ2v) is 5.88. The van der Waals surface area contributed by atoms with E-state index in [-0.39, 0.29) is 0 Å². The van der Waals surface area contributed by atoms with Gasteiger partial charge in [0.1, 0.15) is 0 Å². The van der Waals surface area contributed by atoms with Gasteiger partial charge in [0, 0.05) is 37.6 Å². The van der Waals surface area contributed by atoms with Crippen molar-refractivity contribution in [3.05, 3.63) is 17.0 Å². The Labute approximate surface area is 130 Å². The Hall–Kier alpha value is -0.870. The Bertz CT molecular complexity index is 399. The molecule has 0 spiro atoms. The predicted molar refractivity (Wildman–Crippen MR) is 88.6 cm³/mol. The van der Waals surface area contributed by atoms with Crippen LogP contribution in [0.3, 0.4) is 0 Å². The van der Waals surface area contributed by atoms with Crippen LogP contribution in [0.25, 0.3) is 0 Å². The zero-order valence-corrected chi connectivity index (χ0v) is 14.5. The molecule has 1 N–H and O–H groups in total. The van der Waals surface area contributed by atoms with E-state index in [0.717, 1.165) is 52.1 Å². The molecule has 0 aliphatic rings. The standard InChI is InChI=1S/C17H33N3O/c1-6-16-15(13-18-12-14(4)5)17(7-2)20(19-16)10-9-11-21-8-3/h14,18H,6-13H2,1-5H3. The number of nitrogens with zero attached hydrogens (tertiary/aromatic N) is 2. The molecule has 4 nitrogen and oxygen atoms in total. The Morgan fingerprint density at radius 3 is 2.52 bits per heavy atom. The minimum Gasteiger partial charge on any atom is -0.382 e. The lowest BCUT2D eigenvalue weighted by Crippen LogP contribution is -2.20. The molecule has 0 aliphatic heterocycles. The van der Waals surface area contributed by atoms with E-state index >= 15 is 0 Å². The second kappa shape index (κ2) is 9.96. The molecule has 0 amide bonds. The Morgan fingerprint density at radius 2 is 1.95 bits per heavy atom. The largest absolute Gasteiger partial charge is 0.382 e. The molecule has 0 fully saturated rings. The highest BCUT2D eigenvalue weighted by molar-refractivity contribution is 5.26. The number of hydrogen-bond acceptors (Lipinski definition) is 3. The molecule has 1 aromatic heterocycles. The molecule has 0 aromatic carbocycles. The van der Waals surface area contributed by atoms with Crippen molar-refractivity contribution in [1.82, 2.24) is 15.1 Å². The van der Waals surface area contributed by atoms with Crippen molar-refractivity contribution < 1.29 is 4.74 Å². The van der Waals surface area contributed by atoms with Crippen molar-refractivity contribution in [3.8, 4) is 0 Å². The fourth-order valence-electron chi connectivity index (χ4n) is 2.60. The van der Waals surface area contributed by atoms with E-state index in [1.165, 1.54) is 17.0 Å². The number of nitrogens with one attached hydrogen (secondary N) is 1. The first-order chi connectivity index (χ1) is 10.1. The van der Waals surface area contributed by atoms with Crippen LogP contribution in [0.4, 0.5) is 0 Å². The highest BCUT2D eigenvalue weighted by atomic mass is 16.5. The van der Waals surface area contributed by atoms with Gasteiger partial charge in [0.2, 0.25) is 0 Å². The summed E-state index contributed by atoms with van der Waals surface area (Å²) in [5.74, 6) is 0.682. The minimum atomic E-state index is 0.682. The maximum Gasteiger partial charge on any atom is 0.0669 e. The monoisotopic (exact) mass is 295 g/mol. The van der Waals surface area contributed by atoms with Crippen LogP contribution >= 0.6 is 0 Å². The van der Waals surface area contributed by atoms with Gasteiger partial charge in [0.05, 0.1) is 5.69 Å². The van der Waals surface area contributed by atoms with Crippen molar-refractivity contribution in [2.45, 2.75) is 67.0 Å². The fraction of sp³-hybridized carbons (Fsp3) is 0.824. The van der Waals surface area contributed by atoms with E-state index in [9.17, 15) is 0 Å². The minimum absolute atomic E-state index is 0.682. The molecule has 0 radical (unpaired) electrons. The van der Waals surface area contributed by atoms with Gasteiger partial charge in [-0.05, 0) is 38.6 Å². The number of hydrogen-bond donors (Lipinski definition) is 1. The zero-order chi connectivity index (χ0) is 15.7. The molecule has 21 heavy (non-hydrogen) atoms. The second-order valence-electron chi connectivity index (χ2n) is 5.88. The lowest BCUT2D eigenvalue weighted by Gasteiger charge is -2.10. The molecule has 1 rings (SSSR count). The van der Waals surface area contributed by atoms with Crippen molar-refractivity contribution in [3.63, 3.8) is 0 Å². The maximum absolute atomic E-state index is 5.43. The quantitative estimate of drug-likeness (QED) is 0.637. The maximum atomic E-state index is 5.43. The van der Waals surface area contributed by atoms with Gasteiger partial charge in [0.25, 0.3) is 0 Å². The Kier molecular flexibility index (Phi) is 8.62. The average molecular weight is 295 g/mol. The van der Waals surface area contributed by atoms with E-state index in [1.54, 1.807) is 0 Å². The van der Waals surface area contributed by atoms with E-state index in [2.05, 4.69) is 37.7 Å². The van der Waals surface area contributed by atoms with Crippen LogP contribution in [-0.2, 0) is 30.7 Å². The Balaban J connectivity index is 2.72. The molecule has 4 heteroatoms. The van der Waals surface area contributed by atoms with Gasteiger partial charge in [-0.3, -0.25) is 4.68 Å². The molecule has 1 heterocycles. The van der Waals surface area contributed by atoms with Crippen molar-refractivity contribution >= 4 is 0 Å². The molecule has 0 saturated carbocycles. The van der Waals surface area contributed by atoms with E-state index < -0.39 is 0 Å². The first kappa shape index (κ1) is 18.2. The topological polar surface area (TPSA) is 39.1 Å². The number of rotatable bonds is 11. The highest BCUT2D eigenvalue weighted by Crippen LogP contribution is 2.17. The molecular formula is C17H33N3O. The molecule has 0 unspecified atom stereocenters. The summed E-state index contributed by atoms with van der Waals surface area (Å²) in [4.78, 5) is 0. The van der Waals surface area contributed by atoms with Crippen LogP contribution in [0.2, 0.25) is 0 Å². The normalized spacial score (nSPS) is 11.5. The number of aryl methyl sites for hydroxylation is 2.